The van der Waals surface area contributed by atoms with Crippen LogP contribution in [-0.2, 0) is 0 Å². The van der Waals surface area contributed by atoms with Crippen LogP contribution in [0.15, 0.2) is 54.8 Å². The highest BCUT2D eigenvalue weighted by atomic mass is 35.5. The number of hydrogen-bond donors (Lipinski definition) is 0. The van der Waals surface area contributed by atoms with E-state index in [0.717, 1.165) is 35.2 Å². The lowest BCUT2D eigenvalue weighted by Gasteiger charge is -2.18. The molecule has 1 aromatic rings. The smallest absolute Gasteiger partial charge is 0.131 e. The van der Waals surface area contributed by atoms with Crippen molar-refractivity contribution in [3.8, 4) is 5.75 Å². The van der Waals surface area contributed by atoms with E-state index < -0.39 is 0 Å². The van der Waals surface area contributed by atoms with Crippen LogP contribution in [-0.4, -0.2) is 25.0 Å². The first kappa shape index (κ1) is 13.5. The molecule has 3 rings (SSSR count). The van der Waals surface area contributed by atoms with Gasteiger partial charge in [-0.3, -0.25) is 0 Å². The van der Waals surface area contributed by atoms with E-state index in [1.165, 1.54) is 5.56 Å². The summed E-state index contributed by atoms with van der Waals surface area (Å²) in [5, 5.41) is 0.753. The second-order valence-corrected chi connectivity index (χ2v) is 5.88. The van der Waals surface area contributed by atoms with E-state index in [1.54, 1.807) is 6.08 Å². The van der Waals surface area contributed by atoms with Crippen molar-refractivity contribution in [2.45, 2.75) is 5.92 Å². The van der Waals surface area contributed by atoms with Gasteiger partial charge in [-0.05, 0) is 36.9 Å². The van der Waals surface area contributed by atoms with E-state index in [0.29, 0.717) is 11.8 Å². The Kier molecular flexibility index (Phi) is 3.45. The highest BCUT2D eigenvalue weighted by Gasteiger charge is 2.38. The summed E-state index contributed by atoms with van der Waals surface area (Å²) in [4.78, 5) is 2.34. The molecule has 0 radical (unpaired) electrons. The standard InChI is InChI=1S/C17H18ClNO/c1-4-12-14-9-19(3)10-15(14)13-8-11(18)6-7-17(13)20-16(12)5-2/h4-8,14-15H,1-2,9-10H2,3H3/t14?,15-/m0/s1. The lowest BCUT2D eigenvalue weighted by molar-refractivity contribution is 0.393. The Bertz CT molecular complexity index is 605. The van der Waals surface area contributed by atoms with Crippen LogP contribution < -0.4 is 4.74 Å². The number of likely N-dealkylation sites (tertiary alicyclic amines) is 1. The molecule has 1 fully saturated rings. The molecule has 2 aliphatic rings. The SMILES string of the molecule is C=CC1=C(C=C)C2CN(C)C[C@H]2c2cc(Cl)ccc2O1. The fourth-order valence-corrected chi connectivity index (χ4v) is 3.48. The van der Waals surface area contributed by atoms with Crippen LogP contribution in [0.3, 0.4) is 0 Å². The molecular formula is C17H18ClNO. The van der Waals surface area contributed by atoms with Crippen molar-refractivity contribution in [3.05, 3.63) is 65.4 Å². The number of hydrogen-bond acceptors (Lipinski definition) is 2. The minimum atomic E-state index is 0.380. The normalized spacial score (nSPS) is 25.5. The highest BCUT2D eigenvalue weighted by molar-refractivity contribution is 6.30. The largest absolute Gasteiger partial charge is 0.457 e. The second-order valence-electron chi connectivity index (χ2n) is 5.45. The van der Waals surface area contributed by atoms with Crippen molar-refractivity contribution in [1.82, 2.24) is 4.90 Å². The minimum Gasteiger partial charge on any atom is -0.457 e. The molecule has 0 spiro atoms. The van der Waals surface area contributed by atoms with Crippen molar-refractivity contribution in [2.75, 3.05) is 20.1 Å². The van der Waals surface area contributed by atoms with Crippen molar-refractivity contribution < 1.29 is 4.74 Å². The van der Waals surface area contributed by atoms with Crippen LogP contribution in [0.5, 0.6) is 5.75 Å². The molecule has 0 amide bonds. The van der Waals surface area contributed by atoms with Gasteiger partial charge in [-0.15, -0.1) is 0 Å². The zero-order chi connectivity index (χ0) is 14.3. The average molecular weight is 288 g/mol. The summed E-state index contributed by atoms with van der Waals surface area (Å²) in [6.45, 7) is 9.84. The zero-order valence-electron chi connectivity index (χ0n) is 11.6. The predicted molar refractivity (Wildman–Crippen MR) is 83.2 cm³/mol. The van der Waals surface area contributed by atoms with Crippen LogP contribution in [0, 0.1) is 5.92 Å². The van der Waals surface area contributed by atoms with Gasteiger partial charge in [0, 0.05) is 35.5 Å². The van der Waals surface area contributed by atoms with Crippen LogP contribution in [0.2, 0.25) is 5.02 Å². The fourth-order valence-electron chi connectivity index (χ4n) is 3.30. The Labute approximate surface area is 125 Å². The van der Waals surface area contributed by atoms with Gasteiger partial charge in [-0.2, -0.15) is 0 Å². The Balaban J connectivity index is 2.19. The van der Waals surface area contributed by atoms with Gasteiger partial charge in [0.05, 0.1) is 0 Å². The predicted octanol–water partition coefficient (Wildman–Crippen LogP) is 4.00. The number of ether oxygens (including phenoxy) is 1. The number of halogens is 1. The molecule has 0 bridgehead atoms. The molecule has 1 saturated heterocycles. The van der Waals surface area contributed by atoms with Crippen molar-refractivity contribution in [2.24, 2.45) is 5.92 Å². The van der Waals surface area contributed by atoms with Gasteiger partial charge < -0.3 is 9.64 Å². The quantitative estimate of drug-likeness (QED) is 0.815. The van der Waals surface area contributed by atoms with Crippen molar-refractivity contribution in [3.63, 3.8) is 0 Å². The molecule has 104 valence electrons. The van der Waals surface area contributed by atoms with Gasteiger partial charge in [-0.1, -0.05) is 30.8 Å². The zero-order valence-corrected chi connectivity index (χ0v) is 12.4. The second kappa shape index (κ2) is 5.12. The third kappa shape index (κ3) is 2.09. The lowest BCUT2D eigenvalue weighted by Crippen LogP contribution is -2.15. The number of benzene rings is 1. The summed E-state index contributed by atoms with van der Waals surface area (Å²) >= 11 is 6.17. The Hall–Kier alpha value is -1.51. The summed E-state index contributed by atoms with van der Waals surface area (Å²) in [6.07, 6.45) is 3.68. The summed E-state index contributed by atoms with van der Waals surface area (Å²) in [6, 6.07) is 5.84. The molecule has 3 heteroatoms. The first-order chi connectivity index (χ1) is 9.63. The maximum absolute atomic E-state index is 6.17. The molecule has 1 unspecified atom stereocenters. The first-order valence-electron chi connectivity index (χ1n) is 6.79. The van der Waals surface area contributed by atoms with Crippen LogP contribution in [0.1, 0.15) is 11.5 Å². The molecule has 2 nitrogen and oxygen atoms in total. The molecule has 2 heterocycles. The molecule has 2 atom stereocenters. The summed E-state index contributed by atoms with van der Waals surface area (Å²) < 4.78 is 6.05. The molecular weight excluding hydrogens is 270 g/mol. The van der Waals surface area contributed by atoms with Crippen LogP contribution in [0.4, 0.5) is 0 Å². The molecule has 20 heavy (non-hydrogen) atoms. The van der Waals surface area contributed by atoms with Gasteiger partial charge in [0.2, 0.25) is 0 Å². The van der Waals surface area contributed by atoms with E-state index in [1.807, 2.05) is 24.3 Å². The van der Waals surface area contributed by atoms with Crippen molar-refractivity contribution >= 4 is 11.6 Å². The number of fused-ring (bicyclic) bond motifs is 3. The Morgan fingerprint density at radius 1 is 1.25 bits per heavy atom. The van der Waals surface area contributed by atoms with Crippen molar-refractivity contribution in [1.29, 1.82) is 0 Å². The highest BCUT2D eigenvalue weighted by Crippen LogP contribution is 2.45. The summed E-state index contributed by atoms with van der Waals surface area (Å²) in [7, 11) is 2.15. The molecule has 0 aromatic heterocycles. The Morgan fingerprint density at radius 3 is 2.70 bits per heavy atom. The molecule has 0 aliphatic carbocycles. The lowest BCUT2D eigenvalue weighted by atomic mass is 9.83. The van der Waals surface area contributed by atoms with Crippen LogP contribution in [0.25, 0.3) is 0 Å². The van der Waals surface area contributed by atoms with E-state index >= 15 is 0 Å². The molecule has 2 aliphatic heterocycles. The van der Waals surface area contributed by atoms with Gasteiger partial charge in [0.15, 0.2) is 0 Å². The summed E-state index contributed by atoms with van der Waals surface area (Å²) in [5.41, 5.74) is 2.32. The molecule has 0 saturated carbocycles. The van der Waals surface area contributed by atoms with E-state index in [9.17, 15) is 0 Å². The molecule has 0 N–H and O–H groups in total. The third-order valence-corrected chi connectivity index (χ3v) is 4.42. The average Bonchev–Trinajstić information content (AvgIpc) is 2.76. The number of nitrogens with zero attached hydrogens (tertiary/aromatic N) is 1. The van der Waals surface area contributed by atoms with Crippen LogP contribution >= 0.6 is 11.6 Å². The molecule has 1 aromatic carbocycles. The van der Waals surface area contributed by atoms with Gasteiger partial charge in [-0.25, -0.2) is 0 Å². The third-order valence-electron chi connectivity index (χ3n) is 4.18. The van der Waals surface area contributed by atoms with E-state index in [4.69, 9.17) is 16.3 Å². The Morgan fingerprint density at radius 2 is 2.00 bits per heavy atom. The number of rotatable bonds is 2. The van der Waals surface area contributed by atoms with E-state index in [2.05, 4.69) is 25.1 Å². The number of allylic oxidation sites excluding steroid dienone is 2. The van der Waals surface area contributed by atoms with Gasteiger partial charge >= 0.3 is 0 Å². The summed E-state index contributed by atoms with van der Waals surface area (Å²) in [5.74, 6) is 2.46. The number of likely N-dealkylation sites (N-methyl/N-ethyl adjacent to an activating group) is 1. The maximum atomic E-state index is 6.17. The topological polar surface area (TPSA) is 12.5 Å². The fraction of sp³-hybridized carbons (Fsp3) is 0.294. The maximum Gasteiger partial charge on any atom is 0.131 e. The van der Waals surface area contributed by atoms with Gasteiger partial charge in [0.1, 0.15) is 11.5 Å². The van der Waals surface area contributed by atoms with E-state index in [-0.39, 0.29) is 0 Å². The van der Waals surface area contributed by atoms with Gasteiger partial charge in [0.25, 0.3) is 0 Å². The first-order valence-corrected chi connectivity index (χ1v) is 7.16. The monoisotopic (exact) mass is 287 g/mol. The minimum absolute atomic E-state index is 0.380.